The lowest BCUT2D eigenvalue weighted by Crippen LogP contribution is -2.50. The predicted molar refractivity (Wildman–Crippen MR) is 87.8 cm³/mol. The lowest BCUT2D eigenvalue weighted by Gasteiger charge is -2.39. The molecule has 1 aromatic rings. The summed E-state index contributed by atoms with van der Waals surface area (Å²) in [6, 6.07) is 7.24. The third kappa shape index (κ3) is 4.99. The van der Waals surface area contributed by atoms with E-state index in [4.69, 9.17) is 11.6 Å². The predicted octanol–water partition coefficient (Wildman–Crippen LogP) is 2.74. The van der Waals surface area contributed by atoms with Crippen molar-refractivity contribution in [1.82, 2.24) is 10.2 Å². The Morgan fingerprint density at radius 3 is 2.71 bits per heavy atom. The maximum atomic E-state index is 12.0. The van der Waals surface area contributed by atoms with Gasteiger partial charge in [-0.15, -0.1) is 0 Å². The van der Waals surface area contributed by atoms with Crippen LogP contribution in [0.25, 0.3) is 0 Å². The normalized spacial score (nSPS) is 18.4. The van der Waals surface area contributed by atoms with E-state index in [0.717, 1.165) is 38.2 Å². The van der Waals surface area contributed by atoms with Crippen molar-refractivity contribution in [1.29, 1.82) is 0 Å². The topological polar surface area (TPSA) is 44.4 Å². The van der Waals surface area contributed by atoms with Gasteiger partial charge in [0, 0.05) is 29.2 Å². The third-order valence-electron chi connectivity index (χ3n) is 4.33. The zero-order valence-electron chi connectivity index (χ0n) is 12.8. The second kappa shape index (κ2) is 7.25. The van der Waals surface area contributed by atoms with Gasteiger partial charge in [-0.2, -0.15) is 0 Å². The van der Waals surface area contributed by atoms with Gasteiger partial charge in [0.25, 0.3) is 0 Å². The number of nitrogens with one attached hydrogen (secondary N) is 2. The van der Waals surface area contributed by atoms with Crippen molar-refractivity contribution in [2.75, 3.05) is 32.0 Å². The number of nitrogens with zero attached hydrogens (tertiary/aromatic N) is 1. The van der Waals surface area contributed by atoms with Crippen LogP contribution >= 0.6 is 11.6 Å². The van der Waals surface area contributed by atoms with Crippen molar-refractivity contribution in [2.24, 2.45) is 0 Å². The molecule has 1 aliphatic heterocycles. The van der Waals surface area contributed by atoms with E-state index >= 15 is 0 Å². The molecule has 1 aliphatic rings. The minimum Gasteiger partial charge on any atom is -0.326 e. The van der Waals surface area contributed by atoms with Gasteiger partial charge in [0.2, 0.25) is 5.91 Å². The first kappa shape index (κ1) is 16.3. The fraction of sp³-hybridized carbons (Fsp3) is 0.562. The summed E-state index contributed by atoms with van der Waals surface area (Å²) in [4.78, 5) is 14.3. The Balaban J connectivity index is 1.73. The van der Waals surface area contributed by atoms with E-state index in [-0.39, 0.29) is 11.4 Å². The van der Waals surface area contributed by atoms with Crippen LogP contribution in [-0.4, -0.2) is 43.0 Å². The number of benzene rings is 1. The zero-order chi connectivity index (χ0) is 15.3. The van der Waals surface area contributed by atoms with Crippen molar-refractivity contribution in [3.63, 3.8) is 0 Å². The van der Waals surface area contributed by atoms with E-state index in [1.165, 1.54) is 0 Å². The molecule has 1 fully saturated rings. The van der Waals surface area contributed by atoms with Gasteiger partial charge < -0.3 is 15.5 Å². The first-order chi connectivity index (χ1) is 10.0. The molecule has 0 aromatic heterocycles. The number of carbonyl (C=O) groups is 1. The lowest BCUT2D eigenvalue weighted by molar-refractivity contribution is -0.116. The van der Waals surface area contributed by atoms with Crippen LogP contribution in [0.15, 0.2) is 24.3 Å². The van der Waals surface area contributed by atoms with Gasteiger partial charge in [0.05, 0.1) is 0 Å². The van der Waals surface area contributed by atoms with Gasteiger partial charge in [0.1, 0.15) is 0 Å². The summed E-state index contributed by atoms with van der Waals surface area (Å²) >= 11 is 5.90. The fourth-order valence-corrected chi connectivity index (χ4v) is 2.76. The Labute approximate surface area is 131 Å². The van der Waals surface area contributed by atoms with E-state index in [1.54, 1.807) is 12.1 Å². The van der Waals surface area contributed by atoms with Crippen LogP contribution in [0.3, 0.4) is 0 Å². The Hall–Kier alpha value is -1.10. The molecular weight excluding hydrogens is 286 g/mol. The molecule has 5 heteroatoms. The average molecular weight is 310 g/mol. The van der Waals surface area contributed by atoms with E-state index in [0.29, 0.717) is 11.4 Å². The summed E-state index contributed by atoms with van der Waals surface area (Å²) in [5.74, 6) is 0.0409. The molecular formula is C16H24ClN3O. The molecule has 0 radical (unpaired) electrons. The van der Waals surface area contributed by atoms with E-state index in [9.17, 15) is 4.79 Å². The molecule has 0 atom stereocenters. The molecule has 0 aliphatic carbocycles. The summed E-state index contributed by atoms with van der Waals surface area (Å²) in [6.45, 7) is 5.16. The number of halogens is 1. The summed E-state index contributed by atoms with van der Waals surface area (Å²) in [6.07, 6.45) is 2.77. The van der Waals surface area contributed by atoms with Crippen molar-refractivity contribution in [3.8, 4) is 0 Å². The van der Waals surface area contributed by atoms with Gasteiger partial charge >= 0.3 is 0 Å². The molecule has 2 N–H and O–H groups in total. The van der Waals surface area contributed by atoms with Crippen LogP contribution in [-0.2, 0) is 4.79 Å². The molecule has 1 amide bonds. The number of likely N-dealkylation sites (tertiary alicyclic amines) is 1. The first-order valence-corrected chi connectivity index (χ1v) is 7.85. The number of rotatable bonds is 5. The number of carbonyl (C=O) groups excluding carboxylic acids is 1. The molecule has 4 nitrogen and oxygen atoms in total. The molecule has 21 heavy (non-hydrogen) atoms. The first-order valence-electron chi connectivity index (χ1n) is 7.47. The van der Waals surface area contributed by atoms with Crippen molar-refractivity contribution < 1.29 is 4.79 Å². The minimum absolute atomic E-state index is 0.0409. The molecule has 0 saturated carbocycles. The van der Waals surface area contributed by atoms with Crippen LogP contribution in [0.4, 0.5) is 5.69 Å². The number of piperidine rings is 1. The quantitative estimate of drug-likeness (QED) is 0.879. The summed E-state index contributed by atoms with van der Waals surface area (Å²) in [5.41, 5.74) is 1.01. The SMILES string of the molecule is CNC1(C)CCN(CCC(=O)Nc2cccc(Cl)c2)CC1. The van der Waals surface area contributed by atoms with Gasteiger partial charge in [-0.1, -0.05) is 17.7 Å². The molecule has 2 rings (SSSR count). The molecule has 116 valence electrons. The molecule has 1 heterocycles. The largest absolute Gasteiger partial charge is 0.326 e. The highest BCUT2D eigenvalue weighted by Crippen LogP contribution is 2.21. The summed E-state index contributed by atoms with van der Waals surface area (Å²) in [7, 11) is 2.02. The second-order valence-corrected chi connectivity index (χ2v) is 6.40. The van der Waals surface area contributed by atoms with Crippen molar-refractivity contribution in [3.05, 3.63) is 29.3 Å². The van der Waals surface area contributed by atoms with E-state index in [1.807, 2.05) is 19.2 Å². The third-order valence-corrected chi connectivity index (χ3v) is 4.56. The van der Waals surface area contributed by atoms with E-state index in [2.05, 4.69) is 22.5 Å². The summed E-state index contributed by atoms with van der Waals surface area (Å²) < 4.78 is 0. The van der Waals surface area contributed by atoms with Gasteiger partial charge in [0.15, 0.2) is 0 Å². The van der Waals surface area contributed by atoms with Gasteiger partial charge in [-0.25, -0.2) is 0 Å². The number of amides is 1. The number of hydrogen-bond donors (Lipinski definition) is 2. The fourth-order valence-electron chi connectivity index (χ4n) is 2.57. The van der Waals surface area contributed by atoms with Crippen LogP contribution in [0, 0.1) is 0 Å². The average Bonchev–Trinajstić information content (AvgIpc) is 2.47. The Morgan fingerprint density at radius 2 is 2.10 bits per heavy atom. The second-order valence-electron chi connectivity index (χ2n) is 5.96. The highest BCUT2D eigenvalue weighted by molar-refractivity contribution is 6.30. The monoisotopic (exact) mass is 309 g/mol. The number of anilines is 1. The standard InChI is InChI=1S/C16H24ClN3O/c1-16(18-2)7-10-20(11-8-16)9-6-15(21)19-14-5-3-4-13(17)12-14/h3-5,12,18H,6-11H2,1-2H3,(H,19,21). The zero-order valence-corrected chi connectivity index (χ0v) is 13.5. The lowest BCUT2D eigenvalue weighted by atomic mass is 9.90. The molecule has 0 unspecified atom stereocenters. The Morgan fingerprint density at radius 1 is 1.38 bits per heavy atom. The van der Waals surface area contributed by atoms with Crippen LogP contribution in [0.5, 0.6) is 0 Å². The van der Waals surface area contributed by atoms with Gasteiger partial charge in [-0.05, 0) is 58.1 Å². The maximum absolute atomic E-state index is 12.0. The van der Waals surface area contributed by atoms with Crippen LogP contribution < -0.4 is 10.6 Å². The highest BCUT2D eigenvalue weighted by atomic mass is 35.5. The van der Waals surface area contributed by atoms with Crippen LogP contribution in [0.2, 0.25) is 5.02 Å². The molecule has 1 saturated heterocycles. The molecule has 1 aromatic carbocycles. The molecule has 0 spiro atoms. The van der Waals surface area contributed by atoms with E-state index < -0.39 is 0 Å². The smallest absolute Gasteiger partial charge is 0.225 e. The minimum atomic E-state index is 0.0409. The number of hydrogen-bond acceptors (Lipinski definition) is 3. The van der Waals surface area contributed by atoms with Gasteiger partial charge in [-0.3, -0.25) is 4.79 Å². The van der Waals surface area contributed by atoms with Crippen molar-refractivity contribution in [2.45, 2.75) is 31.7 Å². The summed E-state index contributed by atoms with van der Waals surface area (Å²) in [5, 5.41) is 6.91. The Kier molecular flexibility index (Phi) is 5.62. The Bertz CT molecular complexity index is 484. The van der Waals surface area contributed by atoms with Crippen molar-refractivity contribution >= 4 is 23.2 Å². The van der Waals surface area contributed by atoms with Crippen LogP contribution in [0.1, 0.15) is 26.2 Å². The molecule has 0 bridgehead atoms. The maximum Gasteiger partial charge on any atom is 0.225 e. The highest BCUT2D eigenvalue weighted by Gasteiger charge is 2.28.